The highest BCUT2D eigenvalue weighted by molar-refractivity contribution is 6.30. The Morgan fingerprint density at radius 3 is 2.58 bits per heavy atom. The van der Waals surface area contributed by atoms with Gasteiger partial charge in [-0.2, -0.15) is 0 Å². The van der Waals surface area contributed by atoms with Gasteiger partial charge in [0, 0.05) is 29.2 Å². The second-order valence-electron chi connectivity index (χ2n) is 7.89. The summed E-state index contributed by atoms with van der Waals surface area (Å²) in [7, 11) is 0. The molecular weight excluding hydrogens is 436 g/mol. The summed E-state index contributed by atoms with van der Waals surface area (Å²) in [6.45, 7) is 2.63. The number of nitrogens with one attached hydrogen (secondary N) is 2. The van der Waals surface area contributed by atoms with E-state index in [9.17, 15) is 9.59 Å². The quantitative estimate of drug-likeness (QED) is 0.363. The number of benzene rings is 3. The van der Waals surface area contributed by atoms with Gasteiger partial charge in [0.1, 0.15) is 12.4 Å². The Balaban J connectivity index is 1.41. The maximum atomic E-state index is 12.7. The van der Waals surface area contributed by atoms with Gasteiger partial charge in [0.2, 0.25) is 5.91 Å². The van der Waals surface area contributed by atoms with E-state index in [0.717, 1.165) is 22.4 Å². The van der Waals surface area contributed by atoms with Crippen LogP contribution in [-0.2, 0) is 17.8 Å². The third-order valence-corrected chi connectivity index (χ3v) is 5.56. The van der Waals surface area contributed by atoms with Crippen LogP contribution in [0.2, 0.25) is 5.02 Å². The molecule has 2 amide bonds. The first-order valence-corrected chi connectivity index (χ1v) is 11.2. The topological polar surface area (TPSA) is 76.0 Å². The van der Waals surface area contributed by atoms with Crippen molar-refractivity contribution in [3.63, 3.8) is 0 Å². The molecule has 4 aromatic rings. The van der Waals surface area contributed by atoms with Gasteiger partial charge in [-0.3, -0.25) is 9.59 Å². The molecular formula is C26H25ClN4O2. The number of para-hydroxylation sites is 2. The first-order chi connectivity index (χ1) is 16.0. The Hall–Kier alpha value is -3.64. The average Bonchev–Trinajstić information content (AvgIpc) is 3.15. The first kappa shape index (κ1) is 22.6. The van der Waals surface area contributed by atoms with Crippen molar-refractivity contribution in [2.24, 2.45) is 0 Å². The van der Waals surface area contributed by atoms with E-state index in [1.54, 1.807) is 30.3 Å². The highest BCUT2D eigenvalue weighted by Crippen LogP contribution is 2.18. The zero-order valence-corrected chi connectivity index (χ0v) is 19.1. The average molecular weight is 461 g/mol. The number of amides is 2. The fourth-order valence-corrected chi connectivity index (χ4v) is 3.83. The van der Waals surface area contributed by atoms with Gasteiger partial charge in [-0.1, -0.05) is 41.4 Å². The van der Waals surface area contributed by atoms with Gasteiger partial charge >= 0.3 is 0 Å². The number of hydrogen-bond donors (Lipinski definition) is 2. The molecule has 0 aliphatic carbocycles. The van der Waals surface area contributed by atoms with Crippen molar-refractivity contribution in [3.05, 3.63) is 94.8 Å². The first-order valence-electron chi connectivity index (χ1n) is 10.8. The summed E-state index contributed by atoms with van der Waals surface area (Å²) in [6, 6.07) is 22.3. The van der Waals surface area contributed by atoms with E-state index in [2.05, 4.69) is 10.6 Å². The molecule has 0 unspecified atom stereocenters. The normalized spacial score (nSPS) is 10.8. The summed E-state index contributed by atoms with van der Waals surface area (Å²) >= 11 is 5.92. The molecule has 0 fully saturated rings. The number of imidazole rings is 1. The summed E-state index contributed by atoms with van der Waals surface area (Å²) in [5.41, 5.74) is 4.14. The summed E-state index contributed by atoms with van der Waals surface area (Å²) < 4.78 is 1.93. The molecule has 3 aromatic carbocycles. The molecule has 2 N–H and O–H groups in total. The van der Waals surface area contributed by atoms with Crippen LogP contribution >= 0.6 is 11.6 Å². The summed E-state index contributed by atoms with van der Waals surface area (Å²) in [6.07, 6.45) is 1.34. The number of hydrogen-bond acceptors (Lipinski definition) is 3. The molecule has 33 heavy (non-hydrogen) atoms. The molecule has 0 saturated heterocycles. The van der Waals surface area contributed by atoms with Crippen molar-refractivity contribution < 1.29 is 9.59 Å². The van der Waals surface area contributed by atoms with Crippen LogP contribution in [0.1, 0.15) is 28.2 Å². The highest BCUT2D eigenvalue weighted by Gasteiger charge is 2.14. The molecule has 6 nitrogen and oxygen atoms in total. The Labute approximate surface area is 197 Å². The van der Waals surface area contributed by atoms with Crippen LogP contribution in [0.3, 0.4) is 0 Å². The second-order valence-corrected chi connectivity index (χ2v) is 8.32. The van der Waals surface area contributed by atoms with Crippen LogP contribution in [-0.4, -0.2) is 27.9 Å². The molecule has 1 heterocycles. The lowest BCUT2D eigenvalue weighted by Crippen LogP contribution is -2.25. The Kier molecular flexibility index (Phi) is 7.05. The third-order valence-electron chi connectivity index (χ3n) is 5.31. The standard InChI is InChI=1S/C26H25ClN4O2/c1-18-6-4-7-19(16-18)26(33)28-15-5-10-24-30-22-8-2-3-9-23(22)31(24)17-25(32)29-21-13-11-20(27)12-14-21/h2-4,6-9,11-14,16H,5,10,15,17H2,1H3,(H,28,33)(H,29,32). The van der Waals surface area contributed by atoms with Crippen LogP contribution in [0.5, 0.6) is 0 Å². The molecule has 0 aliphatic heterocycles. The monoisotopic (exact) mass is 460 g/mol. The van der Waals surface area contributed by atoms with Gasteiger partial charge in [0.25, 0.3) is 5.91 Å². The van der Waals surface area contributed by atoms with Crippen molar-refractivity contribution in [1.82, 2.24) is 14.9 Å². The lowest BCUT2D eigenvalue weighted by molar-refractivity contribution is -0.116. The lowest BCUT2D eigenvalue weighted by Gasteiger charge is -2.11. The lowest BCUT2D eigenvalue weighted by atomic mass is 10.1. The second kappa shape index (κ2) is 10.3. The fraction of sp³-hybridized carbons (Fsp3) is 0.192. The molecule has 168 valence electrons. The van der Waals surface area contributed by atoms with Crippen LogP contribution in [0.4, 0.5) is 5.69 Å². The van der Waals surface area contributed by atoms with Gasteiger partial charge < -0.3 is 15.2 Å². The van der Waals surface area contributed by atoms with Gasteiger partial charge in [0.15, 0.2) is 0 Å². The largest absolute Gasteiger partial charge is 0.352 e. The number of aryl methyl sites for hydroxylation is 2. The van der Waals surface area contributed by atoms with Crippen molar-refractivity contribution in [2.75, 3.05) is 11.9 Å². The fourth-order valence-electron chi connectivity index (χ4n) is 3.71. The molecule has 7 heteroatoms. The summed E-state index contributed by atoms with van der Waals surface area (Å²) in [5.74, 6) is 0.580. The Morgan fingerprint density at radius 2 is 1.79 bits per heavy atom. The number of rotatable bonds is 8. The van der Waals surface area contributed by atoms with Gasteiger partial charge in [0.05, 0.1) is 11.0 Å². The van der Waals surface area contributed by atoms with Crippen molar-refractivity contribution >= 4 is 40.1 Å². The highest BCUT2D eigenvalue weighted by atomic mass is 35.5. The molecule has 0 bridgehead atoms. The van der Waals surface area contributed by atoms with Crippen molar-refractivity contribution in [1.29, 1.82) is 0 Å². The molecule has 0 saturated carbocycles. The van der Waals surface area contributed by atoms with Crippen molar-refractivity contribution in [3.8, 4) is 0 Å². The Bertz CT molecular complexity index is 1280. The van der Waals surface area contributed by atoms with E-state index < -0.39 is 0 Å². The van der Waals surface area contributed by atoms with Crippen molar-refractivity contribution in [2.45, 2.75) is 26.3 Å². The minimum atomic E-state index is -0.144. The summed E-state index contributed by atoms with van der Waals surface area (Å²) in [5, 5.41) is 6.48. The van der Waals surface area contributed by atoms with Gasteiger partial charge in [-0.15, -0.1) is 0 Å². The van der Waals surface area contributed by atoms with E-state index in [1.807, 2.05) is 54.0 Å². The molecule has 4 rings (SSSR count). The number of carbonyl (C=O) groups excluding carboxylic acids is 2. The van der Waals surface area contributed by atoms with Gasteiger partial charge in [-0.05, 0) is 61.9 Å². The van der Waals surface area contributed by atoms with Crippen LogP contribution in [0, 0.1) is 6.92 Å². The number of aromatic nitrogens is 2. The molecule has 1 aromatic heterocycles. The number of nitrogens with zero attached hydrogens (tertiary/aromatic N) is 2. The maximum Gasteiger partial charge on any atom is 0.251 e. The van der Waals surface area contributed by atoms with E-state index in [4.69, 9.17) is 16.6 Å². The zero-order valence-electron chi connectivity index (χ0n) is 18.3. The predicted octanol–water partition coefficient (Wildman–Crippen LogP) is 5.00. The van der Waals surface area contributed by atoms with Crippen LogP contribution in [0.15, 0.2) is 72.8 Å². The smallest absolute Gasteiger partial charge is 0.251 e. The SMILES string of the molecule is Cc1cccc(C(=O)NCCCc2nc3ccccc3n2CC(=O)Nc2ccc(Cl)cc2)c1. The van der Waals surface area contributed by atoms with Crippen LogP contribution in [0.25, 0.3) is 11.0 Å². The number of halogens is 1. The zero-order chi connectivity index (χ0) is 23.2. The number of carbonyl (C=O) groups is 2. The van der Waals surface area contributed by atoms with E-state index >= 15 is 0 Å². The summed E-state index contributed by atoms with van der Waals surface area (Å²) in [4.78, 5) is 29.8. The minimum absolute atomic E-state index is 0.0884. The number of anilines is 1. The van der Waals surface area contributed by atoms with Crippen LogP contribution < -0.4 is 10.6 Å². The third kappa shape index (κ3) is 5.79. The maximum absolute atomic E-state index is 12.7. The van der Waals surface area contributed by atoms with E-state index in [-0.39, 0.29) is 18.4 Å². The molecule has 0 radical (unpaired) electrons. The minimum Gasteiger partial charge on any atom is -0.352 e. The van der Waals surface area contributed by atoms with E-state index in [1.165, 1.54) is 0 Å². The molecule has 0 spiro atoms. The van der Waals surface area contributed by atoms with E-state index in [0.29, 0.717) is 35.7 Å². The molecule has 0 aliphatic rings. The van der Waals surface area contributed by atoms with Gasteiger partial charge in [-0.25, -0.2) is 4.98 Å². The molecule has 0 atom stereocenters. The Morgan fingerprint density at radius 1 is 1.00 bits per heavy atom. The number of fused-ring (bicyclic) bond motifs is 1. The predicted molar refractivity (Wildman–Crippen MR) is 132 cm³/mol.